The fourth-order valence-corrected chi connectivity index (χ4v) is 2.61. The molecule has 0 radical (unpaired) electrons. The van der Waals surface area contributed by atoms with Gasteiger partial charge in [-0.1, -0.05) is 36.8 Å². The van der Waals surface area contributed by atoms with Crippen LogP contribution in [-0.2, 0) is 12.8 Å². The zero-order chi connectivity index (χ0) is 12.3. The quantitative estimate of drug-likeness (QED) is 0.775. The van der Waals surface area contributed by atoms with Crippen molar-refractivity contribution in [2.45, 2.75) is 46.1 Å². The van der Waals surface area contributed by atoms with Crippen molar-refractivity contribution in [3.63, 3.8) is 0 Å². The van der Waals surface area contributed by atoms with Crippen LogP contribution in [0.4, 0.5) is 0 Å². The van der Waals surface area contributed by atoms with Gasteiger partial charge in [0.25, 0.3) is 0 Å². The van der Waals surface area contributed by atoms with E-state index >= 15 is 0 Å². The van der Waals surface area contributed by atoms with Crippen LogP contribution >= 0.6 is 0 Å². The molecule has 0 amide bonds. The minimum absolute atomic E-state index is 0.371. The van der Waals surface area contributed by atoms with Crippen molar-refractivity contribution < 1.29 is 0 Å². The Balaban J connectivity index is 2.26. The number of fused-ring (bicyclic) bond motifs is 1. The van der Waals surface area contributed by atoms with E-state index < -0.39 is 0 Å². The van der Waals surface area contributed by atoms with Gasteiger partial charge in [0.2, 0.25) is 0 Å². The van der Waals surface area contributed by atoms with Crippen molar-refractivity contribution >= 4 is 0 Å². The molecule has 1 N–H and O–H groups in total. The van der Waals surface area contributed by atoms with E-state index in [4.69, 9.17) is 0 Å². The Morgan fingerprint density at radius 1 is 1.29 bits per heavy atom. The van der Waals surface area contributed by atoms with Gasteiger partial charge < -0.3 is 5.32 Å². The predicted molar refractivity (Wildman–Crippen MR) is 74.3 cm³/mol. The normalized spacial score (nSPS) is 15.5. The number of nitrogens with one attached hydrogen (secondary N) is 1. The van der Waals surface area contributed by atoms with E-state index in [0.717, 1.165) is 6.54 Å². The van der Waals surface area contributed by atoms with Crippen molar-refractivity contribution in [3.8, 4) is 0 Å². The topological polar surface area (TPSA) is 12.0 Å². The third-order valence-electron chi connectivity index (χ3n) is 3.41. The second-order valence-corrected chi connectivity index (χ2v) is 5.16. The second kappa shape index (κ2) is 5.50. The lowest BCUT2D eigenvalue weighted by Gasteiger charge is -2.16. The minimum Gasteiger partial charge on any atom is -0.307 e. The van der Waals surface area contributed by atoms with Crippen molar-refractivity contribution in [1.82, 2.24) is 5.32 Å². The molecule has 0 fully saturated rings. The average molecular weight is 229 g/mol. The molecule has 1 unspecified atom stereocenters. The van der Waals surface area contributed by atoms with Crippen molar-refractivity contribution in [1.29, 1.82) is 0 Å². The number of hydrogen-bond acceptors (Lipinski definition) is 1. The first kappa shape index (κ1) is 12.4. The van der Waals surface area contributed by atoms with Crippen LogP contribution in [0.5, 0.6) is 0 Å². The molecule has 1 aromatic carbocycles. The van der Waals surface area contributed by atoms with E-state index in [2.05, 4.69) is 50.4 Å². The van der Waals surface area contributed by atoms with Gasteiger partial charge in [0.15, 0.2) is 0 Å². The molecule has 1 aromatic rings. The van der Waals surface area contributed by atoms with E-state index in [1.165, 1.54) is 30.4 Å². The Kier molecular flexibility index (Phi) is 4.01. The third kappa shape index (κ3) is 2.98. The van der Waals surface area contributed by atoms with E-state index in [1.54, 1.807) is 11.1 Å². The van der Waals surface area contributed by atoms with Gasteiger partial charge >= 0.3 is 0 Å². The van der Waals surface area contributed by atoms with Gasteiger partial charge in [0, 0.05) is 0 Å². The Morgan fingerprint density at radius 3 is 2.76 bits per heavy atom. The highest BCUT2D eigenvalue weighted by atomic mass is 14.9. The summed E-state index contributed by atoms with van der Waals surface area (Å²) in [5.74, 6) is 0. The monoisotopic (exact) mass is 229 g/mol. The molecule has 1 heteroatoms. The maximum absolute atomic E-state index is 3.55. The summed E-state index contributed by atoms with van der Waals surface area (Å²) < 4.78 is 0. The van der Waals surface area contributed by atoms with Crippen LogP contribution in [-0.4, -0.2) is 6.54 Å². The summed E-state index contributed by atoms with van der Waals surface area (Å²) in [6, 6.07) is 7.38. The number of likely N-dealkylation sites (N-methyl/N-ethyl adjacent to an activating group) is 1. The Labute approximate surface area is 105 Å². The summed E-state index contributed by atoms with van der Waals surface area (Å²) in [5.41, 5.74) is 5.90. The molecule has 0 saturated carbocycles. The molecular formula is C16H23N. The molecule has 2 rings (SSSR count). The summed E-state index contributed by atoms with van der Waals surface area (Å²) >= 11 is 0. The van der Waals surface area contributed by atoms with Crippen molar-refractivity contribution in [2.75, 3.05) is 6.54 Å². The second-order valence-electron chi connectivity index (χ2n) is 5.16. The number of rotatable bonds is 4. The molecule has 1 aliphatic carbocycles. The SMILES string of the molecule is CCNC(C=C(C)C)c1ccc2c(c1)CCC2. The van der Waals surface area contributed by atoms with Crippen LogP contribution in [0, 0.1) is 0 Å². The van der Waals surface area contributed by atoms with E-state index in [9.17, 15) is 0 Å². The van der Waals surface area contributed by atoms with E-state index in [-0.39, 0.29) is 0 Å². The largest absolute Gasteiger partial charge is 0.307 e. The smallest absolute Gasteiger partial charge is 0.0508 e. The van der Waals surface area contributed by atoms with Gasteiger partial charge in [0.1, 0.15) is 0 Å². The number of aryl methyl sites for hydroxylation is 2. The van der Waals surface area contributed by atoms with Gasteiger partial charge in [-0.25, -0.2) is 0 Å². The summed E-state index contributed by atoms with van der Waals surface area (Å²) in [4.78, 5) is 0. The zero-order valence-corrected chi connectivity index (χ0v) is 11.2. The minimum atomic E-state index is 0.371. The molecule has 1 nitrogen and oxygen atoms in total. The summed E-state index contributed by atoms with van der Waals surface area (Å²) in [6.07, 6.45) is 6.18. The highest BCUT2D eigenvalue weighted by Gasteiger charge is 2.14. The highest BCUT2D eigenvalue weighted by molar-refractivity contribution is 5.38. The summed E-state index contributed by atoms with van der Waals surface area (Å²) in [7, 11) is 0. The fraction of sp³-hybridized carbons (Fsp3) is 0.500. The maximum atomic E-state index is 3.55. The number of benzene rings is 1. The first-order valence-electron chi connectivity index (χ1n) is 6.71. The average Bonchev–Trinajstić information content (AvgIpc) is 2.74. The molecule has 0 aliphatic heterocycles. The maximum Gasteiger partial charge on any atom is 0.0508 e. The lowest BCUT2D eigenvalue weighted by Crippen LogP contribution is -2.19. The molecule has 0 heterocycles. The van der Waals surface area contributed by atoms with E-state index in [0.29, 0.717) is 6.04 Å². The summed E-state index contributed by atoms with van der Waals surface area (Å²) in [5, 5.41) is 3.55. The first-order chi connectivity index (χ1) is 8.20. The van der Waals surface area contributed by atoms with Crippen molar-refractivity contribution in [3.05, 3.63) is 46.5 Å². The molecule has 1 atom stereocenters. The predicted octanol–water partition coefficient (Wildman–Crippen LogP) is 3.79. The number of allylic oxidation sites excluding steroid dienone is 1. The Hall–Kier alpha value is -1.08. The van der Waals surface area contributed by atoms with Crippen molar-refractivity contribution in [2.24, 2.45) is 0 Å². The van der Waals surface area contributed by atoms with Gasteiger partial charge in [-0.2, -0.15) is 0 Å². The Bertz CT molecular complexity index is 414. The van der Waals surface area contributed by atoms with Crippen LogP contribution < -0.4 is 5.32 Å². The molecule has 92 valence electrons. The molecule has 0 bridgehead atoms. The van der Waals surface area contributed by atoms with Gasteiger partial charge in [-0.05, 0) is 56.3 Å². The first-order valence-corrected chi connectivity index (χ1v) is 6.71. The highest BCUT2D eigenvalue weighted by Crippen LogP contribution is 2.26. The molecule has 17 heavy (non-hydrogen) atoms. The van der Waals surface area contributed by atoms with Crippen LogP contribution in [0.3, 0.4) is 0 Å². The molecular weight excluding hydrogens is 206 g/mol. The van der Waals surface area contributed by atoms with Gasteiger partial charge in [0.05, 0.1) is 6.04 Å². The molecule has 0 aromatic heterocycles. The third-order valence-corrected chi connectivity index (χ3v) is 3.41. The van der Waals surface area contributed by atoms with Gasteiger partial charge in [-0.3, -0.25) is 0 Å². The van der Waals surface area contributed by atoms with Gasteiger partial charge in [-0.15, -0.1) is 0 Å². The summed E-state index contributed by atoms with van der Waals surface area (Å²) in [6.45, 7) is 7.50. The molecule has 1 aliphatic rings. The van der Waals surface area contributed by atoms with E-state index in [1.807, 2.05) is 0 Å². The van der Waals surface area contributed by atoms with Crippen LogP contribution in [0.2, 0.25) is 0 Å². The molecule has 0 saturated heterocycles. The lowest BCUT2D eigenvalue weighted by atomic mass is 9.99. The van der Waals surface area contributed by atoms with Crippen LogP contribution in [0.15, 0.2) is 29.8 Å². The lowest BCUT2D eigenvalue weighted by molar-refractivity contribution is 0.644. The fourth-order valence-electron chi connectivity index (χ4n) is 2.61. The molecule has 0 spiro atoms. The number of hydrogen-bond donors (Lipinski definition) is 1. The zero-order valence-electron chi connectivity index (χ0n) is 11.2. The Morgan fingerprint density at radius 2 is 2.06 bits per heavy atom. The van der Waals surface area contributed by atoms with Crippen LogP contribution in [0.1, 0.15) is 49.9 Å². The standard InChI is InChI=1S/C16H23N/c1-4-17-16(10-12(2)3)15-9-8-13-6-5-7-14(13)11-15/h8-11,16-17H,4-7H2,1-3H3. The van der Waals surface area contributed by atoms with Crippen LogP contribution in [0.25, 0.3) is 0 Å².